The molecule has 0 aromatic heterocycles. The molecule has 1 aliphatic heterocycles. The fraction of sp³-hybridized carbons (Fsp3) is 0.625. The molecule has 0 bridgehead atoms. The second-order valence-electron chi connectivity index (χ2n) is 5.64. The third-order valence-electron chi connectivity index (χ3n) is 4.02. The standard InChI is InChI=1S/C16H26N2/c1-12(2)13-7-9-14(10-8-13)16(17-3)15-6-4-5-11-18-15/h7-10,12,15-18H,4-6,11H2,1-3H3. The van der Waals surface area contributed by atoms with Crippen molar-refractivity contribution in [2.24, 2.45) is 0 Å². The van der Waals surface area contributed by atoms with Gasteiger partial charge >= 0.3 is 0 Å². The van der Waals surface area contributed by atoms with E-state index in [-0.39, 0.29) is 0 Å². The van der Waals surface area contributed by atoms with Gasteiger partial charge in [0, 0.05) is 12.1 Å². The van der Waals surface area contributed by atoms with Gasteiger partial charge < -0.3 is 10.6 Å². The molecule has 1 aromatic rings. The first-order valence-electron chi connectivity index (χ1n) is 7.23. The van der Waals surface area contributed by atoms with Crippen LogP contribution < -0.4 is 10.6 Å². The Labute approximate surface area is 111 Å². The van der Waals surface area contributed by atoms with Gasteiger partial charge in [0.05, 0.1) is 0 Å². The Balaban J connectivity index is 2.11. The van der Waals surface area contributed by atoms with Crippen LogP contribution in [0.3, 0.4) is 0 Å². The topological polar surface area (TPSA) is 24.1 Å². The van der Waals surface area contributed by atoms with Crippen LogP contribution in [-0.4, -0.2) is 19.6 Å². The number of nitrogens with one attached hydrogen (secondary N) is 2. The maximum absolute atomic E-state index is 3.64. The minimum absolute atomic E-state index is 0.437. The van der Waals surface area contributed by atoms with Crippen molar-refractivity contribution in [2.45, 2.75) is 51.1 Å². The van der Waals surface area contributed by atoms with Crippen LogP contribution in [0.1, 0.15) is 56.2 Å². The molecule has 1 heterocycles. The lowest BCUT2D eigenvalue weighted by molar-refractivity contribution is 0.326. The van der Waals surface area contributed by atoms with E-state index in [1.165, 1.54) is 30.4 Å². The summed E-state index contributed by atoms with van der Waals surface area (Å²) in [6.45, 7) is 5.65. The highest BCUT2D eigenvalue weighted by Crippen LogP contribution is 2.24. The lowest BCUT2D eigenvalue weighted by Crippen LogP contribution is -2.43. The van der Waals surface area contributed by atoms with Crippen LogP contribution in [0, 0.1) is 0 Å². The minimum atomic E-state index is 0.437. The van der Waals surface area contributed by atoms with Crippen LogP contribution in [-0.2, 0) is 0 Å². The van der Waals surface area contributed by atoms with Crippen molar-refractivity contribution >= 4 is 0 Å². The van der Waals surface area contributed by atoms with Crippen molar-refractivity contribution in [2.75, 3.05) is 13.6 Å². The number of hydrogen-bond donors (Lipinski definition) is 2. The van der Waals surface area contributed by atoms with Gasteiger partial charge in [-0.3, -0.25) is 0 Å². The zero-order chi connectivity index (χ0) is 13.0. The molecule has 2 atom stereocenters. The summed E-state index contributed by atoms with van der Waals surface area (Å²) in [5.41, 5.74) is 2.83. The highest BCUT2D eigenvalue weighted by Gasteiger charge is 2.23. The molecule has 0 amide bonds. The Bertz CT molecular complexity index is 350. The molecule has 2 unspecified atom stereocenters. The molecule has 100 valence electrons. The van der Waals surface area contributed by atoms with Gasteiger partial charge in [0.15, 0.2) is 0 Å². The average molecular weight is 246 g/mol. The van der Waals surface area contributed by atoms with Crippen molar-refractivity contribution < 1.29 is 0 Å². The summed E-state index contributed by atoms with van der Waals surface area (Å²) >= 11 is 0. The normalized spacial score (nSPS) is 22.1. The molecule has 18 heavy (non-hydrogen) atoms. The van der Waals surface area contributed by atoms with Crippen LogP contribution in [0.5, 0.6) is 0 Å². The molecule has 1 saturated heterocycles. The van der Waals surface area contributed by atoms with Gasteiger partial charge in [-0.2, -0.15) is 0 Å². The monoisotopic (exact) mass is 246 g/mol. The number of rotatable bonds is 4. The van der Waals surface area contributed by atoms with E-state index in [1.54, 1.807) is 0 Å². The van der Waals surface area contributed by atoms with Gasteiger partial charge in [-0.15, -0.1) is 0 Å². The molecule has 0 aliphatic carbocycles. The first kappa shape index (κ1) is 13.6. The predicted octanol–water partition coefficient (Wildman–Crippen LogP) is 3.21. The summed E-state index contributed by atoms with van der Waals surface area (Å²) in [4.78, 5) is 0. The van der Waals surface area contributed by atoms with Gasteiger partial charge in [-0.25, -0.2) is 0 Å². The largest absolute Gasteiger partial charge is 0.312 e. The van der Waals surface area contributed by atoms with Gasteiger partial charge in [0.25, 0.3) is 0 Å². The maximum atomic E-state index is 3.64. The zero-order valence-corrected chi connectivity index (χ0v) is 11.9. The van der Waals surface area contributed by atoms with E-state index in [1.807, 2.05) is 0 Å². The lowest BCUT2D eigenvalue weighted by atomic mass is 9.91. The fourth-order valence-corrected chi connectivity index (χ4v) is 2.85. The second-order valence-corrected chi connectivity index (χ2v) is 5.64. The molecule has 2 heteroatoms. The molecular formula is C16H26N2. The number of likely N-dealkylation sites (N-methyl/N-ethyl adjacent to an activating group) is 1. The molecule has 2 N–H and O–H groups in total. The summed E-state index contributed by atoms with van der Waals surface area (Å²) < 4.78 is 0. The quantitative estimate of drug-likeness (QED) is 0.852. The summed E-state index contributed by atoms with van der Waals surface area (Å²) in [5.74, 6) is 0.611. The summed E-state index contributed by atoms with van der Waals surface area (Å²) in [7, 11) is 2.07. The fourth-order valence-electron chi connectivity index (χ4n) is 2.85. The molecule has 0 radical (unpaired) electrons. The molecule has 1 aliphatic rings. The maximum Gasteiger partial charge on any atom is 0.0473 e. The van der Waals surface area contributed by atoms with E-state index in [2.05, 4.69) is 55.8 Å². The number of hydrogen-bond acceptors (Lipinski definition) is 2. The molecule has 2 nitrogen and oxygen atoms in total. The summed E-state index contributed by atoms with van der Waals surface area (Å²) in [5, 5.41) is 7.12. The van der Waals surface area contributed by atoms with Crippen molar-refractivity contribution in [3.8, 4) is 0 Å². The van der Waals surface area contributed by atoms with E-state index in [0.717, 1.165) is 6.54 Å². The van der Waals surface area contributed by atoms with Gasteiger partial charge in [0.2, 0.25) is 0 Å². The summed E-state index contributed by atoms with van der Waals surface area (Å²) in [6, 6.07) is 10.1. The molecule has 1 fully saturated rings. The Kier molecular flexibility index (Phi) is 4.79. The lowest BCUT2D eigenvalue weighted by Gasteiger charge is -2.31. The smallest absolute Gasteiger partial charge is 0.0473 e. The Morgan fingerprint density at radius 3 is 2.28 bits per heavy atom. The first-order chi connectivity index (χ1) is 8.72. The predicted molar refractivity (Wildman–Crippen MR) is 78.0 cm³/mol. The van der Waals surface area contributed by atoms with E-state index in [9.17, 15) is 0 Å². The van der Waals surface area contributed by atoms with Gasteiger partial charge in [-0.05, 0) is 43.5 Å². The minimum Gasteiger partial charge on any atom is -0.312 e. The van der Waals surface area contributed by atoms with Crippen molar-refractivity contribution in [1.29, 1.82) is 0 Å². The van der Waals surface area contributed by atoms with Crippen LogP contribution in [0.4, 0.5) is 0 Å². The van der Waals surface area contributed by atoms with Crippen LogP contribution in [0.2, 0.25) is 0 Å². The molecule has 0 spiro atoms. The summed E-state index contributed by atoms with van der Waals surface area (Å²) in [6.07, 6.45) is 3.94. The van der Waals surface area contributed by atoms with Crippen molar-refractivity contribution in [3.63, 3.8) is 0 Å². The van der Waals surface area contributed by atoms with Crippen molar-refractivity contribution in [1.82, 2.24) is 10.6 Å². The highest BCUT2D eigenvalue weighted by molar-refractivity contribution is 5.27. The number of benzene rings is 1. The third kappa shape index (κ3) is 3.12. The zero-order valence-electron chi connectivity index (χ0n) is 11.9. The molecule has 0 saturated carbocycles. The van der Waals surface area contributed by atoms with E-state index in [4.69, 9.17) is 0 Å². The Hall–Kier alpha value is -0.860. The highest BCUT2D eigenvalue weighted by atomic mass is 15.0. The molecular weight excluding hydrogens is 220 g/mol. The van der Waals surface area contributed by atoms with E-state index < -0.39 is 0 Å². The average Bonchev–Trinajstić information content (AvgIpc) is 2.41. The third-order valence-corrected chi connectivity index (χ3v) is 4.02. The Morgan fingerprint density at radius 1 is 1.11 bits per heavy atom. The van der Waals surface area contributed by atoms with Crippen molar-refractivity contribution in [3.05, 3.63) is 35.4 Å². The SMILES string of the molecule is CNC(c1ccc(C(C)C)cc1)C1CCCCN1. The van der Waals surface area contributed by atoms with Crippen LogP contribution >= 0.6 is 0 Å². The number of piperidine rings is 1. The Morgan fingerprint density at radius 2 is 1.78 bits per heavy atom. The first-order valence-corrected chi connectivity index (χ1v) is 7.23. The second kappa shape index (κ2) is 6.35. The van der Waals surface area contributed by atoms with E-state index in [0.29, 0.717) is 18.0 Å². The van der Waals surface area contributed by atoms with Crippen LogP contribution in [0.25, 0.3) is 0 Å². The van der Waals surface area contributed by atoms with E-state index >= 15 is 0 Å². The van der Waals surface area contributed by atoms with Gasteiger partial charge in [-0.1, -0.05) is 44.5 Å². The molecule has 2 rings (SSSR count). The van der Waals surface area contributed by atoms with Gasteiger partial charge in [0.1, 0.15) is 0 Å². The molecule has 1 aromatic carbocycles. The van der Waals surface area contributed by atoms with Crippen LogP contribution in [0.15, 0.2) is 24.3 Å².